The predicted molar refractivity (Wildman–Crippen MR) is 55.2 cm³/mol. The minimum atomic E-state index is -1.07. The first kappa shape index (κ1) is 12.0. The predicted octanol–water partition coefficient (Wildman–Crippen LogP) is 0.603. The number of rotatable bonds is 5. The fraction of sp³-hybridized carbons (Fsp3) is 0.500. The van der Waals surface area contributed by atoms with Crippen LogP contribution in [0.1, 0.15) is 13.3 Å². The fourth-order valence-corrected chi connectivity index (χ4v) is 1.22. The van der Waals surface area contributed by atoms with Crippen LogP contribution < -0.4 is 5.32 Å². The summed E-state index contributed by atoms with van der Waals surface area (Å²) in [6.07, 6.45) is 1.53. The minimum absolute atomic E-state index is 0.0262. The molecule has 0 aliphatic rings. The van der Waals surface area contributed by atoms with E-state index in [1.165, 1.54) is 17.9 Å². The second-order valence-corrected chi connectivity index (χ2v) is 3.24. The zero-order chi connectivity index (χ0) is 12.3. The van der Waals surface area contributed by atoms with E-state index < -0.39 is 16.9 Å². The molecule has 0 aliphatic heterocycles. The van der Waals surface area contributed by atoms with Gasteiger partial charge in [0.05, 0.1) is 4.92 Å². The van der Waals surface area contributed by atoms with Gasteiger partial charge in [0.25, 0.3) is 0 Å². The van der Waals surface area contributed by atoms with Gasteiger partial charge in [-0.25, -0.2) is 4.79 Å². The maximum Gasteiger partial charge on any atom is 0.330 e. The van der Waals surface area contributed by atoms with Crippen molar-refractivity contribution >= 4 is 17.5 Å². The van der Waals surface area contributed by atoms with Gasteiger partial charge in [-0.05, 0) is 6.42 Å². The highest BCUT2D eigenvalue weighted by Gasteiger charge is 2.23. The fourth-order valence-electron chi connectivity index (χ4n) is 1.22. The van der Waals surface area contributed by atoms with Crippen LogP contribution in [0, 0.1) is 10.1 Å². The molecule has 8 nitrogen and oxygen atoms in total. The second-order valence-electron chi connectivity index (χ2n) is 3.24. The highest BCUT2D eigenvalue weighted by atomic mass is 16.6. The maximum atomic E-state index is 10.8. The molecule has 1 aromatic rings. The maximum absolute atomic E-state index is 10.8. The van der Waals surface area contributed by atoms with E-state index in [1.54, 1.807) is 6.92 Å². The summed E-state index contributed by atoms with van der Waals surface area (Å²) < 4.78 is 1.26. The number of anilines is 1. The molecule has 0 saturated heterocycles. The van der Waals surface area contributed by atoms with E-state index in [2.05, 4.69) is 10.4 Å². The Morgan fingerprint density at radius 1 is 1.81 bits per heavy atom. The van der Waals surface area contributed by atoms with E-state index in [0.29, 0.717) is 6.42 Å². The molecule has 1 aromatic heterocycles. The third kappa shape index (κ3) is 2.47. The Hall–Kier alpha value is -2.12. The van der Waals surface area contributed by atoms with E-state index >= 15 is 0 Å². The number of nitrogens with one attached hydrogen (secondary N) is 1. The van der Waals surface area contributed by atoms with Crippen LogP contribution in [0.2, 0.25) is 0 Å². The summed E-state index contributed by atoms with van der Waals surface area (Å²) in [6.45, 7) is 1.67. The first-order valence-electron chi connectivity index (χ1n) is 4.63. The number of aromatic nitrogens is 2. The molecular weight excluding hydrogens is 216 g/mol. The summed E-state index contributed by atoms with van der Waals surface area (Å²) in [6, 6.07) is -0.881. The van der Waals surface area contributed by atoms with Crippen molar-refractivity contribution in [1.29, 1.82) is 0 Å². The van der Waals surface area contributed by atoms with Crippen LogP contribution in [0.5, 0.6) is 0 Å². The van der Waals surface area contributed by atoms with Crippen molar-refractivity contribution in [2.24, 2.45) is 7.05 Å². The van der Waals surface area contributed by atoms with Gasteiger partial charge in [-0.15, -0.1) is 5.10 Å². The summed E-state index contributed by atoms with van der Waals surface area (Å²) in [5.74, 6) is -1.09. The Bertz CT molecular complexity index is 414. The molecule has 1 heterocycles. The van der Waals surface area contributed by atoms with E-state index in [9.17, 15) is 14.9 Å². The normalized spacial score (nSPS) is 12.1. The number of nitro groups is 1. The van der Waals surface area contributed by atoms with Gasteiger partial charge < -0.3 is 10.4 Å². The van der Waals surface area contributed by atoms with Crippen LogP contribution in [0.15, 0.2) is 6.20 Å². The van der Waals surface area contributed by atoms with Gasteiger partial charge in [0.2, 0.25) is 5.82 Å². The molecule has 0 spiro atoms. The Morgan fingerprint density at radius 3 is 2.88 bits per heavy atom. The topological polar surface area (TPSA) is 110 Å². The minimum Gasteiger partial charge on any atom is -0.480 e. The molecule has 16 heavy (non-hydrogen) atoms. The molecule has 1 unspecified atom stereocenters. The number of nitrogens with zero attached hydrogens (tertiary/aromatic N) is 3. The zero-order valence-corrected chi connectivity index (χ0v) is 8.88. The van der Waals surface area contributed by atoms with E-state index in [1.807, 2.05) is 0 Å². The van der Waals surface area contributed by atoms with E-state index in [-0.39, 0.29) is 11.5 Å². The van der Waals surface area contributed by atoms with Crippen molar-refractivity contribution in [2.75, 3.05) is 5.32 Å². The average molecular weight is 228 g/mol. The number of hydrogen-bond acceptors (Lipinski definition) is 5. The summed E-state index contributed by atoms with van der Waals surface area (Å²) in [5, 5.41) is 25.8. The lowest BCUT2D eigenvalue weighted by molar-refractivity contribution is -0.384. The standard InChI is InChI=1S/C8H12N4O4/c1-3-5(8(13)14)9-7-6(12(15)16)4-11(2)10-7/h4-5H,3H2,1-2H3,(H,9,10)(H,13,14). The monoisotopic (exact) mass is 228 g/mol. The number of carboxylic acid groups (broad SMARTS) is 1. The Morgan fingerprint density at radius 2 is 2.44 bits per heavy atom. The Balaban J connectivity index is 2.95. The van der Waals surface area contributed by atoms with Gasteiger partial charge in [-0.1, -0.05) is 6.92 Å². The Kier molecular flexibility index (Phi) is 3.44. The molecule has 88 valence electrons. The Labute approximate surface area is 91.0 Å². The number of aryl methyl sites for hydroxylation is 1. The van der Waals surface area contributed by atoms with Crippen LogP contribution in [0.25, 0.3) is 0 Å². The summed E-state index contributed by atoms with van der Waals surface area (Å²) in [5.41, 5.74) is -0.234. The van der Waals surface area contributed by atoms with Crippen LogP contribution in [0.4, 0.5) is 11.5 Å². The summed E-state index contributed by atoms with van der Waals surface area (Å²) >= 11 is 0. The number of carboxylic acids is 1. The van der Waals surface area contributed by atoms with Gasteiger partial charge in [0.15, 0.2) is 0 Å². The molecule has 1 rings (SSSR count). The molecule has 0 fully saturated rings. The first-order valence-corrected chi connectivity index (χ1v) is 4.63. The van der Waals surface area contributed by atoms with Crippen LogP contribution in [-0.4, -0.2) is 31.8 Å². The van der Waals surface area contributed by atoms with Crippen molar-refractivity contribution < 1.29 is 14.8 Å². The zero-order valence-electron chi connectivity index (χ0n) is 8.88. The van der Waals surface area contributed by atoms with Crippen LogP contribution in [-0.2, 0) is 11.8 Å². The third-order valence-electron chi connectivity index (χ3n) is 2.02. The van der Waals surface area contributed by atoms with E-state index in [4.69, 9.17) is 5.11 Å². The van der Waals surface area contributed by atoms with Crippen molar-refractivity contribution in [2.45, 2.75) is 19.4 Å². The number of aliphatic carboxylic acids is 1. The lowest BCUT2D eigenvalue weighted by atomic mass is 10.2. The number of carbonyl (C=O) groups is 1. The van der Waals surface area contributed by atoms with Crippen molar-refractivity contribution in [3.8, 4) is 0 Å². The molecule has 8 heteroatoms. The van der Waals surface area contributed by atoms with Crippen LogP contribution in [0.3, 0.4) is 0 Å². The van der Waals surface area contributed by atoms with Gasteiger partial charge in [-0.2, -0.15) is 0 Å². The quantitative estimate of drug-likeness (QED) is 0.564. The SMILES string of the molecule is CCC(Nc1nn(C)cc1[N+](=O)[O-])C(=O)O. The third-order valence-corrected chi connectivity index (χ3v) is 2.02. The molecule has 0 amide bonds. The highest BCUT2D eigenvalue weighted by Crippen LogP contribution is 2.22. The van der Waals surface area contributed by atoms with E-state index in [0.717, 1.165) is 0 Å². The largest absolute Gasteiger partial charge is 0.480 e. The van der Waals surface area contributed by atoms with Gasteiger partial charge in [0, 0.05) is 7.05 Å². The second kappa shape index (κ2) is 4.60. The van der Waals surface area contributed by atoms with Crippen molar-refractivity contribution in [3.05, 3.63) is 16.3 Å². The molecule has 0 saturated carbocycles. The highest BCUT2D eigenvalue weighted by molar-refractivity contribution is 5.77. The van der Waals surface area contributed by atoms with Crippen LogP contribution >= 0.6 is 0 Å². The lowest BCUT2D eigenvalue weighted by Crippen LogP contribution is -2.28. The first-order chi connectivity index (χ1) is 7.45. The van der Waals surface area contributed by atoms with Gasteiger partial charge >= 0.3 is 11.7 Å². The molecule has 0 radical (unpaired) electrons. The molecule has 0 bridgehead atoms. The van der Waals surface area contributed by atoms with Gasteiger partial charge in [0.1, 0.15) is 12.2 Å². The van der Waals surface area contributed by atoms with Crippen molar-refractivity contribution in [3.63, 3.8) is 0 Å². The summed E-state index contributed by atoms with van der Waals surface area (Å²) in [4.78, 5) is 20.8. The van der Waals surface area contributed by atoms with Gasteiger partial charge in [-0.3, -0.25) is 14.8 Å². The molecular formula is C8H12N4O4. The molecule has 0 aromatic carbocycles. The molecule has 1 atom stereocenters. The number of hydrogen-bond donors (Lipinski definition) is 2. The summed E-state index contributed by atoms with van der Waals surface area (Å²) in [7, 11) is 1.53. The lowest BCUT2D eigenvalue weighted by Gasteiger charge is -2.10. The molecule has 0 aliphatic carbocycles. The molecule has 2 N–H and O–H groups in total. The smallest absolute Gasteiger partial charge is 0.330 e. The average Bonchev–Trinajstić information content (AvgIpc) is 2.55. The van der Waals surface area contributed by atoms with Crippen molar-refractivity contribution in [1.82, 2.24) is 9.78 Å².